The third-order valence-electron chi connectivity index (χ3n) is 2.32. The Morgan fingerprint density at radius 3 is 2.88 bits per heavy atom. The number of carbonyl (C=O) groups is 1. The van der Waals surface area contributed by atoms with Gasteiger partial charge in [0.2, 0.25) is 0 Å². The van der Waals surface area contributed by atoms with Gasteiger partial charge in [0.15, 0.2) is 0 Å². The Morgan fingerprint density at radius 1 is 1.47 bits per heavy atom. The number of amides is 1. The fraction of sp³-hybridized carbons (Fsp3) is 0.0909. The molecule has 17 heavy (non-hydrogen) atoms. The molecule has 2 aromatic rings. The second-order valence-corrected chi connectivity index (χ2v) is 3.86. The summed E-state index contributed by atoms with van der Waals surface area (Å²) < 4.78 is 13.3. The number of hydrogen-bond acceptors (Lipinski definition) is 2. The van der Waals surface area contributed by atoms with Gasteiger partial charge >= 0.3 is 0 Å². The van der Waals surface area contributed by atoms with Gasteiger partial charge < -0.3 is 5.32 Å². The molecule has 0 atom stereocenters. The van der Waals surface area contributed by atoms with Crippen LogP contribution in [0.25, 0.3) is 0 Å². The summed E-state index contributed by atoms with van der Waals surface area (Å²) in [4.78, 5) is 11.9. The summed E-state index contributed by atoms with van der Waals surface area (Å²) in [5.41, 5.74) is 0.343. The van der Waals surface area contributed by atoms with E-state index in [0.29, 0.717) is 5.82 Å². The Hall–Kier alpha value is -1.88. The number of carbonyl (C=O) groups excluding carboxylic acids is 1. The molecule has 0 radical (unpaired) electrons. The zero-order chi connectivity index (χ0) is 12.4. The molecule has 4 nitrogen and oxygen atoms in total. The fourth-order valence-electron chi connectivity index (χ4n) is 1.44. The molecule has 1 heterocycles. The maximum absolute atomic E-state index is 13.3. The van der Waals surface area contributed by atoms with Gasteiger partial charge in [-0.05, 0) is 24.6 Å². The number of nitrogens with one attached hydrogen (secondary N) is 2. The van der Waals surface area contributed by atoms with Gasteiger partial charge in [-0.15, -0.1) is 0 Å². The monoisotopic (exact) mass is 253 g/mol. The van der Waals surface area contributed by atoms with E-state index in [1.54, 1.807) is 6.07 Å². The summed E-state index contributed by atoms with van der Waals surface area (Å²) in [6.07, 6.45) is 1.50. The molecular weight excluding hydrogens is 245 g/mol. The maximum Gasteiger partial charge on any atom is 0.258 e. The van der Waals surface area contributed by atoms with Crippen molar-refractivity contribution in [3.05, 3.63) is 46.4 Å². The highest BCUT2D eigenvalue weighted by molar-refractivity contribution is 6.34. The number of benzene rings is 1. The van der Waals surface area contributed by atoms with E-state index in [1.807, 2.05) is 0 Å². The SMILES string of the molecule is Cc1c(F)ccc(Cl)c1C(=O)Nc1ccn[nH]1. The van der Waals surface area contributed by atoms with E-state index in [0.717, 1.165) is 0 Å². The molecule has 0 aliphatic heterocycles. The summed E-state index contributed by atoms with van der Waals surface area (Å²) in [6, 6.07) is 4.16. The Labute approximate surface area is 102 Å². The topological polar surface area (TPSA) is 57.8 Å². The van der Waals surface area contributed by atoms with Gasteiger partial charge in [0.1, 0.15) is 11.6 Å². The first kappa shape index (κ1) is 11.6. The molecule has 0 aliphatic rings. The molecule has 1 aromatic carbocycles. The number of rotatable bonds is 2. The normalized spacial score (nSPS) is 10.3. The van der Waals surface area contributed by atoms with E-state index < -0.39 is 11.7 Å². The van der Waals surface area contributed by atoms with Crippen LogP contribution in [0.3, 0.4) is 0 Å². The highest BCUT2D eigenvalue weighted by Gasteiger charge is 2.16. The molecule has 2 rings (SSSR count). The van der Waals surface area contributed by atoms with Crippen LogP contribution in [-0.4, -0.2) is 16.1 Å². The average molecular weight is 254 g/mol. The molecule has 0 spiro atoms. The Balaban J connectivity index is 2.34. The minimum Gasteiger partial charge on any atom is -0.307 e. The van der Waals surface area contributed by atoms with E-state index in [1.165, 1.54) is 25.3 Å². The molecule has 0 bridgehead atoms. The summed E-state index contributed by atoms with van der Waals surface area (Å²) in [5, 5.41) is 9.01. The number of halogens is 2. The molecule has 0 saturated carbocycles. The van der Waals surface area contributed by atoms with Gasteiger partial charge in [-0.25, -0.2) is 4.39 Å². The van der Waals surface area contributed by atoms with E-state index in [4.69, 9.17) is 11.6 Å². The number of nitrogens with zero attached hydrogens (tertiary/aromatic N) is 1. The van der Waals surface area contributed by atoms with Crippen molar-refractivity contribution in [2.75, 3.05) is 5.32 Å². The van der Waals surface area contributed by atoms with Crippen LogP contribution in [0.2, 0.25) is 5.02 Å². The third kappa shape index (κ3) is 2.29. The number of H-pyrrole nitrogens is 1. The van der Waals surface area contributed by atoms with Crippen molar-refractivity contribution in [1.29, 1.82) is 0 Å². The highest BCUT2D eigenvalue weighted by Crippen LogP contribution is 2.23. The lowest BCUT2D eigenvalue weighted by atomic mass is 10.1. The van der Waals surface area contributed by atoms with Crippen LogP contribution in [0.15, 0.2) is 24.4 Å². The van der Waals surface area contributed by atoms with E-state index in [-0.39, 0.29) is 16.1 Å². The van der Waals surface area contributed by atoms with Crippen molar-refractivity contribution in [3.8, 4) is 0 Å². The lowest BCUT2D eigenvalue weighted by Gasteiger charge is -2.08. The first-order valence-corrected chi connectivity index (χ1v) is 5.22. The van der Waals surface area contributed by atoms with Crippen molar-refractivity contribution < 1.29 is 9.18 Å². The van der Waals surface area contributed by atoms with Crippen LogP contribution in [0.1, 0.15) is 15.9 Å². The lowest BCUT2D eigenvalue weighted by Crippen LogP contribution is -2.15. The molecule has 88 valence electrons. The number of aromatic nitrogens is 2. The zero-order valence-corrected chi connectivity index (χ0v) is 9.68. The quantitative estimate of drug-likeness (QED) is 0.865. The second-order valence-electron chi connectivity index (χ2n) is 3.45. The Morgan fingerprint density at radius 2 is 2.24 bits per heavy atom. The van der Waals surface area contributed by atoms with Crippen LogP contribution in [0.5, 0.6) is 0 Å². The molecule has 6 heteroatoms. The maximum atomic E-state index is 13.3. The minimum atomic E-state index is -0.476. The number of hydrogen-bond donors (Lipinski definition) is 2. The first-order chi connectivity index (χ1) is 8.09. The summed E-state index contributed by atoms with van der Waals surface area (Å²) >= 11 is 5.88. The third-order valence-corrected chi connectivity index (χ3v) is 2.64. The molecule has 0 unspecified atom stereocenters. The first-order valence-electron chi connectivity index (χ1n) is 4.85. The molecule has 0 aliphatic carbocycles. The van der Waals surface area contributed by atoms with Gasteiger partial charge in [-0.3, -0.25) is 9.89 Å². The highest BCUT2D eigenvalue weighted by atomic mass is 35.5. The molecule has 0 fully saturated rings. The number of aromatic amines is 1. The predicted octanol–water partition coefficient (Wildman–Crippen LogP) is 2.76. The van der Waals surface area contributed by atoms with Gasteiger partial charge in [0, 0.05) is 6.07 Å². The van der Waals surface area contributed by atoms with Crippen LogP contribution in [0, 0.1) is 12.7 Å². The smallest absolute Gasteiger partial charge is 0.258 e. The standard InChI is InChI=1S/C11H9ClFN3O/c1-6-8(13)3-2-7(12)10(6)11(17)15-9-4-5-14-16-9/h2-5H,1H3,(H2,14,15,16,17). The van der Waals surface area contributed by atoms with Crippen molar-refractivity contribution in [2.24, 2.45) is 0 Å². The average Bonchev–Trinajstić information content (AvgIpc) is 2.77. The zero-order valence-electron chi connectivity index (χ0n) is 8.92. The Bertz CT molecular complexity index is 554. The summed E-state index contributed by atoms with van der Waals surface area (Å²) in [6.45, 7) is 1.50. The van der Waals surface area contributed by atoms with Crippen molar-refractivity contribution in [2.45, 2.75) is 6.92 Å². The van der Waals surface area contributed by atoms with Gasteiger partial charge in [0.05, 0.1) is 16.8 Å². The van der Waals surface area contributed by atoms with Crippen LogP contribution < -0.4 is 5.32 Å². The molecule has 2 N–H and O–H groups in total. The van der Waals surface area contributed by atoms with Crippen molar-refractivity contribution >= 4 is 23.3 Å². The molecule has 1 aromatic heterocycles. The van der Waals surface area contributed by atoms with Crippen LogP contribution in [0.4, 0.5) is 10.2 Å². The van der Waals surface area contributed by atoms with Crippen molar-refractivity contribution in [1.82, 2.24) is 10.2 Å². The fourth-order valence-corrected chi connectivity index (χ4v) is 1.73. The van der Waals surface area contributed by atoms with Gasteiger partial charge in [-0.2, -0.15) is 5.10 Å². The largest absolute Gasteiger partial charge is 0.307 e. The molecular formula is C11H9ClFN3O. The summed E-state index contributed by atoms with van der Waals surface area (Å²) in [5.74, 6) is -0.518. The number of anilines is 1. The Kier molecular flexibility index (Phi) is 3.10. The molecule has 1 amide bonds. The van der Waals surface area contributed by atoms with Gasteiger partial charge in [-0.1, -0.05) is 11.6 Å². The van der Waals surface area contributed by atoms with E-state index >= 15 is 0 Å². The van der Waals surface area contributed by atoms with Gasteiger partial charge in [0.25, 0.3) is 5.91 Å². The van der Waals surface area contributed by atoms with E-state index in [9.17, 15) is 9.18 Å². The molecule has 0 saturated heterocycles. The van der Waals surface area contributed by atoms with Crippen LogP contribution >= 0.6 is 11.6 Å². The lowest BCUT2D eigenvalue weighted by molar-refractivity contribution is 0.102. The van der Waals surface area contributed by atoms with E-state index in [2.05, 4.69) is 15.5 Å². The summed E-state index contributed by atoms with van der Waals surface area (Å²) in [7, 11) is 0. The minimum absolute atomic E-state index is 0.126. The van der Waals surface area contributed by atoms with Crippen molar-refractivity contribution in [3.63, 3.8) is 0 Å². The van der Waals surface area contributed by atoms with Crippen LogP contribution in [-0.2, 0) is 0 Å². The predicted molar refractivity (Wildman–Crippen MR) is 62.7 cm³/mol. The second kappa shape index (κ2) is 4.55.